The standard InChI is InChI=1S/C19H17N3O3S/c1-11-4-3-5-16-17(11)20-19(26-16)21-18(23)15-10-14(22-25-15)12-6-8-13(24-2)9-7-12/h3-9,15H,10H2,1-2H3,(H,20,21,23). The van der Waals surface area contributed by atoms with Crippen LogP contribution in [0, 0.1) is 6.92 Å². The van der Waals surface area contributed by atoms with E-state index in [0.717, 1.165) is 32.8 Å². The number of carbonyl (C=O) groups excluding carboxylic acids is 1. The summed E-state index contributed by atoms with van der Waals surface area (Å²) < 4.78 is 6.19. The molecule has 132 valence electrons. The van der Waals surface area contributed by atoms with Crippen LogP contribution in [0.2, 0.25) is 0 Å². The highest BCUT2D eigenvalue weighted by Crippen LogP contribution is 2.28. The Kier molecular flexibility index (Phi) is 4.30. The summed E-state index contributed by atoms with van der Waals surface area (Å²) in [6.07, 6.45) is -0.234. The largest absolute Gasteiger partial charge is 0.497 e. The third-order valence-electron chi connectivity index (χ3n) is 4.24. The van der Waals surface area contributed by atoms with Gasteiger partial charge in [0.25, 0.3) is 5.91 Å². The Hall–Kier alpha value is -2.93. The third-order valence-corrected chi connectivity index (χ3v) is 5.17. The molecular weight excluding hydrogens is 350 g/mol. The van der Waals surface area contributed by atoms with E-state index in [-0.39, 0.29) is 5.91 Å². The molecule has 0 spiro atoms. The summed E-state index contributed by atoms with van der Waals surface area (Å²) in [6, 6.07) is 13.5. The van der Waals surface area contributed by atoms with Gasteiger partial charge in [0.15, 0.2) is 5.13 Å². The zero-order chi connectivity index (χ0) is 18.1. The fourth-order valence-electron chi connectivity index (χ4n) is 2.80. The van der Waals surface area contributed by atoms with Crippen LogP contribution in [0.5, 0.6) is 5.75 Å². The van der Waals surface area contributed by atoms with Crippen molar-refractivity contribution >= 4 is 38.3 Å². The maximum atomic E-state index is 12.5. The minimum absolute atomic E-state index is 0.242. The van der Waals surface area contributed by atoms with Gasteiger partial charge in [-0.1, -0.05) is 28.6 Å². The number of amides is 1. The molecule has 3 aromatic rings. The number of fused-ring (bicyclic) bond motifs is 1. The predicted octanol–water partition coefficient (Wildman–Crippen LogP) is 3.75. The number of ether oxygens (including phenoxy) is 1. The topological polar surface area (TPSA) is 72.8 Å². The van der Waals surface area contributed by atoms with Gasteiger partial charge in [0, 0.05) is 6.42 Å². The number of carbonyl (C=O) groups is 1. The normalized spacial score (nSPS) is 16.2. The number of thiazole rings is 1. The number of hydrogen-bond donors (Lipinski definition) is 1. The predicted molar refractivity (Wildman–Crippen MR) is 102 cm³/mol. The highest BCUT2D eigenvalue weighted by atomic mass is 32.1. The van der Waals surface area contributed by atoms with Gasteiger partial charge < -0.3 is 9.57 Å². The molecule has 0 fully saturated rings. The van der Waals surface area contributed by atoms with Crippen LogP contribution in [0.4, 0.5) is 5.13 Å². The van der Waals surface area contributed by atoms with Gasteiger partial charge in [-0.3, -0.25) is 10.1 Å². The second-order valence-corrected chi connectivity index (χ2v) is 7.03. The smallest absolute Gasteiger partial charge is 0.270 e. The fourth-order valence-corrected chi connectivity index (χ4v) is 3.74. The second kappa shape index (κ2) is 6.76. The molecular formula is C19H17N3O3S. The Morgan fingerprint density at radius 1 is 1.27 bits per heavy atom. The highest BCUT2D eigenvalue weighted by molar-refractivity contribution is 7.22. The average molecular weight is 367 g/mol. The molecule has 1 aliphatic heterocycles. The van der Waals surface area contributed by atoms with E-state index in [1.54, 1.807) is 7.11 Å². The first kappa shape index (κ1) is 16.5. The van der Waals surface area contributed by atoms with Crippen LogP contribution >= 0.6 is 11.3 Å². The van der Waals surface area contributed by atoms with Crippen molar-refractivity contribution in [1.29, 1.82) is 0 Å². The molecule has 26 heavy (non-hydrogen) atoms. The van der Waals surface area contributed by atoms with E-state index in [4.69, 9.17) is 9.57 Å². The average Bonchev–Trinajstić information content (AvgIpc) is 3.29. The highest BCUT2D eigenvalue weighted by Gasteiger charge is 2.29. The van der Waals surface area contributed by atoms with E-state index in [1.807, 2.05) is 49.4 Å². The number of nitrogens with one attached hydrogen (secondary N) is 1. The van der Waals surface area contributed by atoms with Gasteiger partial charge in [0.05, 0.1) is 23.0 Å². The van der Waals surface area contributed by atoms with E-state index >= 15 is 0 Å². The van der Waals surface area contributed by atoms with Gasteiger partial charge in [-0.25, -0.2) is 4.98 Å². The maximum absolute atomic E-state index is 12.5. The monoisotopic (exact) mass is 367 g/mol. The Morgan fingerprint density at radius 2 is 2.08 bits per heavy atom. The van der Waals surface area contributed by atoms with E-state index in [9.17, 15) is 4.79 Å². The molecule has 1 aliphatic rings. The molecule has 0 radical (unpaired) electrons. The summed E-state index contributed by atoms with van der Waals surface area (Å²) in [4.78, 5) is 22.3. The van der Waals surface area contributed by atoms with Crippen molar-refractivity contribution in [2.75, 3.05) is 12.4 Å². The summed E-state index contributed by atoms with van der Waals surface area (Å²) in [7, 11) is 1.62. The lowest BCUT2D eigenvalue weighted by molar-refractivity contribution is -0.125. The Morgan fingerprint density at radius 3 is 2.81 bits per heavy atom. The number of nitrogens with zero attached hydrogens (tertiary/aromatic N) is 2. The van der Waals surface area contributed by atoms with Crippen molar-refractivity contribution in [2.24, 2.45) is 5.16 Å². The van der Waals surface area contributed by atoms with Gasteiger partial charge in [0.2, 0.25) is 6.10 Å². The zero-order valence-electron chi connectivity index (χ0n) is 14.4. The van der Waals surface area contributed by atoms with Crippen LogP contribution in [0.3, 0.4) is 0 Å². The molecule has 2 heterocycles. The second-order valence-electron chi connectivity index (χ2n) is 5.99. The number of rotatable bonds is 4. The molecule has 6 nitrogen and oxygen atoms in total. The van der Waals surface area contributed by atoms with Gasteiger partial charge in [0.1, 0.15) is 5.75 Å². The van der Waals surface area contributed by atoms with Gasteiger partial charge in [-0.15, -0.1) is 0 Å². The number of benzene rings is 2. The van der Waals surface area contributed by atoms with Gasteiger partial charge >= 0.3 is 0 Å². The minimum atomic E-state index is -0.653. The molecule has 1 N–H and O–H groups in total. The van der Waals surface area contributed by atoms with E-state index < -0.39 is 6.10 Å². The third kappa shape index (κ3) is 3.13. The quantitative estimate of drug-likeness (QED) is 0.762. The van der Waals surface area contributed by atoms with Crippen molar-refractivity contribution in [3.63, 3.8) is 0 Å². The van der Waals surface area contributed by atoms with E-state index in [2.05, 4.69) is 15.5 Å². The summed E-state index contributed by atoms with van der Waals surface area (Å²) in [5.41, 5.74) is 3.65. The molecule has 4 rings (SSSR count). The summed E-state index contributed by atoms with van der Waals surface area (Å²) in [5, 5.41) is 7.47. The molecule has 0 aliphatic carbocycles. The van der Waals surface area contributed by atoms with Crippen molar-refractivity contribution in [3.8, 4) is 5.75 Å². The molecule has 0 bridgehead atoms. The van der Waals surface area contributed by atoms with E-state index in [0.29, 0.717) is 11.6 Å². The SMILES string of the molecule is COc1ccc(C2=NOC(C(=O)Nc3nc4c(C)cccc4s3)C2)cc1. The van der Waals surface area contributed by atoms with Crippen molar-refractivity contribution in [3.05, 3.63) is 53.6 Å². The molecule has 0 saturated carbocycles. The first-order chi connectivity index (χ1) is 12.6. The number of aryl methyl sites for hydroxylation is 1. The Balaban J connectivity index is 1.43. The lowest BCUT2D eigenvalue weighted by Crippen LogP contribution is -2.27. The van der Waals surface area contributed by atoms with Gasteiger partial charge in [-0.05, 0) is 48.4 Å². The number of oxime groups is 1. The Labute approximate surface area is 154 Å². The first-order valence-corrected chi connectivity index (χ1v) is 9.00. The van der Waals surface area contributed by atoms with Crippen LogP contribution in [-0.2, 0) is 9.63 Å². The lowest BCUT2D eigenvalue weighted by atomic mass is 10.0. The number of anilines is 1. The van der Waals surface area contributed by atoms with Crippen molar-refractivity contribution in [1.82, 2.24) is 4.98 Å². The van der Waals surface area contributed by atoms with Crippen LogP contribution in [0.25, 0.3) is 10.2 Å². The van der Waals surface area contributed by atoms with Crippen LogP contribution in [-0.4, -0.2) is 29.8 Å². The lowest BCUT2D eigenvalue weighted by Gasteiger charge is -2.07. The molecule has 1 atom stereocenters. The minimum Gasteiger partial charge on any atom is -0.497 e. The number of methoxy groups -OCH3 is 1. The molecule has 0 saturated heterocycles. The summed E-state index contributed by atoms with van der Waals surface area (Å²) >= 11 is 1.45. The van der Waals surface area contributed by atoms with Crippen LogP contribution in [0.1, 0.15) is 17.5 Å². The van der Waals surface area contributed by atoms with Crippen LogP contribution in [0.15, 0.2) is 47.6 Å². The van der Waals surface area contributed by atoms with Crippen molar-refractivity contribution < 1.29 is 14.4 Å². The number of aromatic nitrogens is 1. The molecule has 1 aromatic heterocycles. The molecule has 2 aromatic carbocycles. The summed E-state index contributed by atoms with van der Waals surface area (Å²) in [6.45, 7) is 2.00. The van der Waals surface area contributed by atoms with Gasteiger partial charge in [-0.2, -0.15) is 0 Å². The zero-order valence-corrected chi connectivity index (χ0v) is 15.2. The van der Waals surface area contributed by atoms with E-state index in [1.165, 1.54) is 11.3 Å². The number of para-hydroxylation sites is 1. The molecule has 1 unspecified atom stereocenters. The van der Waals surface area contributed by atoms with Crippen molar-refractivity contribution in [2.45, 2.75) is 19.4 Å². The van der Waals surface area contributed by atoms with Crippen LogP contribution < -0.4 is 10.1 Å². The molecule has 1 amide bonds. The molecule has 7 heteroatoms. The maximum Gasteiger partial charge on any atom is 0.270 e. The first-order valence-electron chi connectivity index (χ1n) is 8.18. The Bertz CT molecular complexity index is 995. The fraction of sp³-hybridized carbons (Fsp3) is 0.211. The number of hydrogen-bond acceptors (Lipinski definition) is 6. The summed E-state index contributed by atoms with van der Waals surface area (Å²) in [5.74, 6) is 0.530.